The monoisotopic (exact) mass is 295 g/mol. The number of benzene rings is 1. The minimum absolute atomic E-state index is 0.177. The molecule has 1 aliphatic heterocycles. The van der Waals surface area contributed by atoms with Crippen LogP contribution in [0, 0.1) is 5.92 Å². The van der Waals surface area contributed by atoms with Crippen molar-refractivity contribution in [1.82, 2.24) is 4.90 Å². The minimum Gasteiger partial charge on any atom is -0.490 e. The molecule has 2 rings (SSSR count). The summed E-state index contributed by atoms with van der Waals surface area (Å²) in [7, 11) is 0. The first kappa shape index (κ1) is 15.2. The fourth-order valence-corrected chi connectivity index (χ4v) is 2.61. The summed E-state index contributed by atoms with van der Waals surface area (Å²) in [4.78, 5) is 13.9. The maximum absolute atomic E-state index is 12.0. The highest BCUT2D eigenvalue weighted by molar-refractivity contribution is 6.30. The van der Waals surface area contributed by atoms with E-state index >= 15 is 0 Å². The van der Waals surface area contributed by atoms with Crippen LogP contribution in [-0.4, -0.2) is 30.0 Å². The van der Waals surface area contributed by atoms with Crippen LogP contribution in [0.5, 0.6) is 5.75 Å². The molecule has 4 heteroatoms. The lowest BCUT2D eigenvalue weighted by atomic mass is 10.0. The Hall–Kier alpha value is -1.22. The number of piperidine rings is 1. The van der Waals surface area contributed by atoms with Gasteiger partial charge in [-0.15, -0.1) is 0 Å². The molecule has 0 aromatic heterocycles. The van der Waals surface area contributed by atoms with Gasteiger partial charge in [0.05, 0.1) is 0 Å². The second-order valence-corrected chi connectivity index (χ2v) is 6.19. The Morgan fingerprint density at radius 3 is 2.70 bits per heavy atom. The topological polar surface area (TPSA) is 29.5 Å². The Labute approximate surface area is 125 Å². The first-order valence-electron chi connectivity index (χ1n) is 7.24. The van der Waals surface area contributed by atoms with Gasteiger partial charge in [-0.05, 0) is 24.1 Å². The molecule has 1 heterocycles. The van der Waals surface area contributed by atoms with E-state index in [1.165, 1.54) is 0 Å². The zero-order valence-electron chi connectivity index (χ0n) is 12.1. The maximum atomic E-state index is 12.0. The van der Waals surface area contributed by atoms with Crippen molar-refractivity contribution in [3.63, 3.8) is 0 Å². The molecule has 110 valence electrons. The molecular weight excluding hydrogens is 274 g/mol. The summed E-state index contributed by atoms with van der Waals surface area (Å²) in [6, 6.07) is 7.47. The Morgan fingerprint density at radius 1 is 1.40 bits per heavy atom. The second-order valence-electron chi connectivity index (χ2n) is 5.75. The second kappa shape index (κ2) is 6.98. The van der Waals surface area contributed by atoms with Crippen molar-refractivity contribution in [2.24, 2.45) is 5.92 Å². The maximum Gasteiger partial charge on any atom is 0.222 e. The molecule has 0 saturated carbocycles. The summed E-state index contributed by atoms with van der Waals surface area (Å²) in [6.45, 7) is 5.73. The van der Waals surface area contributed by atoms with Crippen LogP contribution in [0.4, 0.5) is 0 Å². The molecule has 0 bridgehead atoms. The third kappa shape index (κ3) is 4.41. The van der Waals surface area contributed by atoms with Crippen molar-refractivity contribution in [1.29, 1.82) is 0 Å². The number of nitrogens with zero attached hydrogens (tertiary/aromatic N) is 1. The number of ether oxygens (including phenoxy) is 1. The first-order valence-corrected chi connectivity index (χ1v) is 7.62. The summed E-state index contributed by atoms with van der Waals surface area (Å²) in [5.74, 6) is 1.49. The molecule has 3 nitrogen and oxygen atoms in total. The molecule has 0 unspecified atom stereocenters. The number of halogens is 1. The van der Waals surface area contributed by atoms with Gasteiger partial charge in [0.2, 0.25) is 5.91 Å². The van der Waals surface area contributed by atoms with Crippen LogP contribution >= 0.6 is 11.6 Å². The van der Waals surface area contributed by atoms with E-state index in [-0.39, 0.29) is 12.0 Å². The standard InChI is InChI=1S/C16H22ClNO2/c1-12(2)10-16(19)18-8-6-14(7-9-18)20-15-5-3-4-13(17)11-15/h3-5,11-12,14H,6-10H2,1-2H3. The molecule has 20 heavy (non-hydrogen) atoms. The lowest BCUT2D eigenvalue weighted by Crippen LogP contribution is -2.42. The van der Waals surface area contributed by atoms with E-state index in [0.717, 1.165) is 31.7 Å². The average Bonchev–Trinajstić information content (AvgIpc) is 2.38. The van der Waals surface area contributed by atoms with Gasteiger partial charge < -0.3 is 9.64 Å². The van der Waals surface area contributed by atoms with Gasteiger partial charge in [0, 0.05) is 37.4 Å². The lowest BCUT2D eigenvalue weighted by molar-refractivity contribution is -0.133. The third-order valence-corrected chi connectivity index (χ3v) is 3.71. The number of hydrogen-bond acceptors (Lipinski definition) is 2. The first-order chi connectivity index (χ1) is 9.54. The van der Waals surface area contributed by atoms with Crippen LogP contribution in [-0.2, 0) is 4.79 Å². The lowest BCUT2D eigenvalue weighted by Gasteiger charge is -2.32. The molecular formula is C16H22ClNO2. The summed E-state index contributed by atoms with van der Waals surface area (Å²) < 4.78 is 5.92. The van der Waals surface area contributed by atoms with Crippen molar-refractivity contribution in [3.8, 4) is 5.75 Å². The minimum atomic E-state index is 0.177. The number of rotatable bonds is 4. The smallest absolute Gasteiger partial charge is 0.222 e. The van der Waals surface area contributed by atoms with Crippen molar-refractivity contribution in [2.75, 3.05) is 13.1 Å². The van der Waals surface area contributed by atoms with E-state index in [9.17, 15) is 4.79 Å². The average molecular weight is 296 g/mol. The molecule has 1 amide bonds. The highest BCUT2D eigenvalue weighted by atomic mass is 35.5. The molecule has 1 aromatic rings. The molecule has 1 aromatic carbocycles. The van der Waals surface area contributed by atoms with Crippen LogP contribution in [0.1, 0.15) is 33.1 Å². The molecule has 0 N–H and O–H groups in total. The zero-order valence-corrected chi connectivity index (χ0v) is 12.9. The van der Waals surface area contributed by atoms with Crippen LogP contribution in [0.25, 0.3) is 0 Å². The predicted molar refractivity (Wildman–Crippen MR) is 81.1 cm³/mol. The molecule has 1 saturated heterocycles. The summed E-state index contributed by atoms with van der Waals surface area (Å²) >= 11 is 5.94. The van der Waals surface area contributed by atoms with Crippen molar-refractivity contribution in [2.45, 2.75) is 39.2 Å². The normalized spacial score (nSPS) is 16.5. The fourth-order valence-electron chi connectivity index (χ4n) is 2.43. The summed E-state index contributed by atoms with van der Waals surface area (Å²) in [5, 5.41) is 0.687. The largest absolute Gasteiger partial charge is 0.490 e. The summed E-state index contributed by atoms with van der Waals surface area (Å²) in [5.41, 5.74) is 0. The Kier molecular flexibility index (Phi) is 5.30. The van der Waals surface area contributed by atoms with E-state index in [4.69, 9.17) is 16.3 Å². The quantitative estimate of drug-likeness (QED) is 0.846. The van der Waals surface area contributed by atoms with Gasteiger partial charge >= 0.3 is 0 Å². The number of carbonyl (C=O) groups is 1. The highest BCUT2D eigenvalue weighted by Gasteiger charge is 2.24. The van der Waals surface area contributed by atoms with Crippen molar-refractivity contribution in [3.05, 3.63) is 29.3 Å². The van der Waals surface area contributed by atoms with Gasteiger partial charge in [-0.1, -0.05) is 31.5 Å². The van der Waals surface area contributed by atoms with Crippen LogP contribution in [0.2, 0.25) is 5.02 Å². The molecule has 1 aliphatic rings. The fraction of sp³-hybridized carbons (Fsp3) is 0.562. The zero-order chi connectivity index (χ0) is 14.5. The van der Waals surface area contributed by atoms with Crippen LogP contribution < -0.4 is 4.74 Å². The Morgan fingerprint density at radius 2 is 2.10 bits per heavy atom. The molecule has 0 spiro atoms. The third-order valence-electron chi connectivity index (χ3n) is 3.48. The van der Waals surface area contributed by atoms with E-state index < -0.39 is 0 Å². The molecule has 0 atom stereocenters. The van der Waals surface area contributed by atoms with Gasteiger partial charge in [-0.3, -0.25) is 4.79 Å². The van der Waals surface area contributed by atoms with Crippen LogP contribution in [0.3, 0.4) is 0 Å². The number of amides is 1. The molecule has 0 aliphatic carbocycles. The van der Waals surface area contributed by atoms with Gasteiger partial charge in [-0.2, -0.15) is 0 Å². The Bertz CT molecular complexity index is 454. The van der Waals surface area contributed by atoms with E-state index in [2.05, 4.69) is 13.8 Å². The molecule has 0 radical (unpaired) electrons. The van der Waals surface area contributed by atoms with E-state index in [1.54, 1.807) is 0 Å². The molecule has 1 fully saturated rings. The highest BCUT2D eigenvalue weighted by Crippen LogP contribution is 2.22. The van der Waals surface area contributed by atoms with Crippen molar-refractivity contribution < 1.29 is 9.53 Å². The number of hydrogen-bond donors (Lipinski definition) is 0. The van der Waals surface area contributed by atoms with Gasteiger partial charge in [-0.25, -0.2) is 0 Å². The van der Waals surface area contributed by atoms with Crippen molar-refractivity contribution >= 4 is 17.5 Å². The van der Waals surface area contributed by atoms with E-state index in [0.29, 0.717) is 17.4 Å². The van der Waals surface area contributed by atoms with Crippen LogP contribution in [0.15, 0.2) is 24.3 Å². The SMILES string of the molecule is CC(C)CC(=O)N1CCC(Oc2cccc(Cl)c2)CC1. The van der Waals surface area contributed by atoms with E-state index in [1.807, 2.05) is 29.2 Å². The Balaban J connectivity index is 1.81. The number of likely N-dealkylation sites (tertiary alicyclic amines) is 1. The van der Waals surface area contributed by atoms with Gasteiger partial charge in [0.15, 0.2) is 0 Å². The predicted octanol–water partition coefficient (Wildman–Crippen LogP) is 3.76. The van der Waals surface area contributed by atoms with Gasteiger partial charge in [0.25, 0.3) is 0 Å². The number of carbonyl (C=O) groups excluding carboxylic acids is 1. The van der Waals surface area contributed by atoms with Gasteiger partial charge in [0.1, 0.15) is 11.9 Å². The summed E-state index contributed by atoms with van der Waals surface area (Å²) in [6.07, 6.45) is 2.59.